The van der Waals surface area contributed by atoms with Crippen LogP contribution in [0.3, 0.4) is 0 Å². The van der Waals surface area contributed by atoms with Gasteiger partial charge in [0.15, 0.2) is 5.16 Å². The Labute approximate surface area is 171 Å². The summed E-state index contributed by atoms with van der Waals surface area (Å²) in [5, 5.41) is 9.57. The molecular formula is C21H29N5OS. The van der Waals surface area contributed by atoms with E-state index in [9.17, 15) is 4.79 Å². The summed E-state index contributed by atoms with van der Waals surface area (Å²) >= 11 is 1.53. The molecule has 6 nitrogen and oxygen atoms in total. The van der Waals surface area contributed by atoms with Crippen LogP contribution in [0.4, 0.5) is 5.69 Å². The van der Waals surface area contributed by atoms with Crippen LogP contribution in [0.25, 0.3) is 0 Å². The minimum absolute atomic E-state index is 0.198. The van der Waals surface area contributed by atoms with Crippen LogP contribution in [-0.4, -0.2) is 57.5 Å². The van der Waals surface area contributed by atoms with Gasteiger partial charge in [-0.1, -0.05) is 23.9 Å². The number of hydrogen-bond acceptors (Lipinski definition) is 5. The number of benzene rings is 1. The summed E-state index contributed by atoms with van der Waals surface area (Å²) in [5.41, 5.74) is 3.95. The SMILES string of the molecule is CCn1c(SCC(=O)N2CCN(c3cccc(C)c3C)CC2)nnc1C1CC1. The molecule has 150 valence electrons. The molecule has 2 heterocycles. The molecule has 0 bridgehead atoms. The van der Waals surface area contributed by atoms with Crippen LogP contribution in [0.5, 0.6) is 0 Å². The molecule has 1 aliphatic heterocycles. The molecule has 2 aromatic rings. The fourth-order valence-corrected chi connectivity index (χ4v) is 4.75. The van der Waals surface area contributed by atoms with E-state index in [1.807, 2.05) is 4.90 Å². The Balaban J connectivity index is 1.31. The van der Waals surface area contributed by atoms with E-state index in [4.69, 9.17) is 0 Å². The quantitative estimate of drug-likeness (QED) is 0.698. The van der Waals surface area contributed by atoms with Crippen molar-refractivity contribution in [3.8, 4) is 0 Å². The number of carbonyl (C=O) groups excluding carboxylic acids is 1. The molecule has 0 spiro atoms. The van der Waals surface area contributed by atoms with Crippen LogP contribution in [-0.2, 0) is 11.3 Å². The Kier molecular flexibility index (Phi) is 5.62. The Morgan fingerprint density at radius 3 is 2.57 bits per heavy atom. The van der Waals surface area contributed by atoms with Crippen molar-refractivity contribution in [2.45, 2.75) is 51.2 Å². The summed E-state index contributed by atoms with van der Waals surface area (Å²) in [5.74, 6) is 2.31. The number of aromatic nitrogens is 3. The normalized spacial score (nSPS) is 17.2. The van der Waals surface area contributed by atoms with Crippen LogP contribution in [0, 0.1) is 13.8 Å². The lowest BCUT2D eigenvalue weighted by Gasteiger charge is -2.37. The highest BCUT2D eigenvalue weighted by Crippen LogP contribution is 2.40. The first-order valence-corrected chi connectivity index (χ1v) is 11.2. The molecule has 0 atom stereocenters. The number of thioether (sulfide) groups is 1. The van der Waals surface area contributed by atoms with Crippen molar-refractivity contribution in [3.05, 3.63) is 35.2 Å². The number of hydrogen-bond donors (Lipinski definition) is 0. The lowest BCUT2D eigenvalue weighted by atomic mass is 10.1. The van der Waals surface area contributed by atoms with Gasteiger partial charge in [0.25, 0.3) is 0 Å². The first kappa shape index (κ1) is 19.3. The maximum absolute atomic E-state index is 12.7. The van der Waals surface area contributed by atoms with E-state index in [1.54, 1.807) is 0 Å². The molecule has 1 aromatic carbocycles. The highest BCUT2D eigenvalue weighted by molar-refractivity contribution is 7.99. The van der Waals surface area contributed by atoms with Gasteiger partial charge in [-0.15, -0.1) is 10.2 Å². The van der Waals surface area contributed by atoms with Crippen LogP contribution in [0.15, 0.2) is 23.4 Å². The second kappa shape index (κ2) is 8.15. The van der Waals surface area contributed by atoms with Crippen molar-refractivity contribution in [2.75, 3.05) is 36.8 Å². The van der Waals surface area contributed by atoms with Gasteiger partial charge in [-0.3, -0.25) is 4.79 Å². The summed E-state index contributed by atoms with van der Waals surface area (Å²) in [7, 11) is 0. The monoisotopic (exact) mass is 399 g/mol. The molecule has 1 saturated heterocycles. The molecule has 0 radical (unpaired) electrons. The molecule has 1 aromatic heterocycles. The Bertz CT molecular complexity index is 852. The number of piperazine rings is 1. The summed E-state index contributed by atoms with van der Waals surface area (Å²) in [6.07, 6.45) is 2.43. The highest BCUT2D eigenvalue weighted by atomic mass is 32.2. The van der Waals surface area contributed by atoms with Crippen LogP contribution in [0.1, 0.15) is 42.6 Å². The molecule has 0 N–H and O–H groups in total. The molecule has 1 amide bonds. The standard InChI is InChI=1S/C21H29N5OS/c1-4-26-20(17-8-9-17)22-23-21(26)28-14-19(27)25-12-10-24(11-13-25)18-7-5-6-15(2)16(18)3/h5-7,17H,4,8-14H2,1-3H3. The first-order chi connectivity index (χ1) is 13.6. The fraction of sp³-hybridized carbons (Fsp3) is 0.571. The molecule has 2 aliphatic rings. The van der Waals surface area contributed by atoms with Crippen LogP contribution < -0.4 is 4.90 Å². The largest absolute Gasteiger partial charge is 0.368 e. The van der Waals surface area contributed by atoms with E-state index in [0.29, 0.717) is 11.7 Å². The van der Waals surface area contributed by atoms with E-state index in [0.717, 1.165) is 43.7 Å². The molecule has 1 saturated carbocycles. The average Bonchev–Trinajstić information content (AvgIpc) is 3.48. The van der Waals surface area contributed by atoms with Gasteiger partial charge in [0.1, 0.15) is 5.82 Å². The zero-order valence-electron chi connectivity index (χ0n) is 17.0. The summed E-state index contributed by atoms with van der Waals surface area (Å²) < 4.78 is 2.17. The zero-order chi connectivity index (χ0) is 19.7. The number of aryl methyl sites for hydroxylation is 1. The Morgan fingerprint density at radius 2 is 1.89 bits per heavy atom. The number of nitrogens with zero attached hydrogens (tertiary/aromatic N) is 5. The lowest BCUT2D eigenvalue weighted by molar-refractivity contribution is -0.128. The molecule has 7 heteroatoms. The lowest BCUT2D eigenvalue weighted by Crippen LogP contribution is -2.49. The molecule has 28 heavy (non-hydrogen) atoms. The fourth-order valence-electron chi connectivity index (χ4n) is 3.84. The van der Waals surface area contributed by atoms with Crippen LogP contribution in [0.2, 0.25) is 0 Å². The predicted octanol–water partition coefficient (Wildman–Crippen LogP) is 3.23. The highest BCUT2D eigenvalue weighted by Gasteiger charge is 2.30. The maximum Gasteiger partial charge on any atom is 0.233 e. The number of carbonyl (C=O) groups is 1. The average molecular weight is 400 g/mol. The Morgan fingerprint density at radius 1 is 1.14 bits per heavy atom. The molecule has 0 unspecified atom stereocenters. The third-order valence-corrected chi connectivity index (χ3v) is 6.83. The van der Waals surface area contributed by atoms with Crippen molar-refractivity contribution in [3.63, 3.8) is 0 Å². The van der Waals surface area contributed by atoms with Crippen molar-refractivity contribution >= 4 is 23.4 Å². The van der Waals surface area contributed by atoms with Gasteiger partial charge >= 0.3 is 0 Å². The van der Waals surface area contributed by atoms with Gasteiger partial charge in [0.05, 0.1) is 5.75 Å². The third kappa shape index (κ3) is 3.90. The molecular weight excluding hydrogens is 370 g/mol. The van der Waals surface area contributed by atoms with E-state index in [2.05, 4.69) is 58.6 Å². The topological polar surface area (TPSA) is 54.3 Å². The van der Waals surface area contributed by atoms with Crippen molar-refractivity contribution < 1.29 is 4.79 Å². The van der Waals surface area contributed by atoms with Gasteiger partial charge in [-0.2, -0.15) is 0 Å². The number of amides is 1. The molecule has 1 aliphatic carbocycles. The van der Waals surface area contributed by atoms with E-state index < -0.39 is 0 Å². The van der Waals surface area contributed by atoms with E-state index in [1.165, 1.54) is 41.4 Å². The van der Waals surface area contributed by atoms with Gasteiger partial charge in [0, 0.05) is 44.3 Å². The van der Waals surface area contributed by atoms with Gasteiger partial charge in [-0.25, -0.2) is 0 Å². The predicted molar refractivity (Wildman–Crippen MR) is 113 cm³/mol. The number of rotatable bonds is 6. The summed E-state index contributed by atoms with van der Waals surface area (Å²) in [6, 6.07) is 6.45. The first-order valence-electron chi connectivity index (χ1n) is 10.2. The van der Waals surface area contributed by atoms with E-state index in [-0.39, 0.29) is 5.91 Å². The molecule has 4 rings (SSSR count). The Hall–Kier alpha value is -2.02. The van der Waals surface area contributed by atoms with Gasteiger partial charge in [0.2, 0.25) is 5.91 Å². The van der Waals surface area contributed by atoms with E-state index >= 15 is 0 Å². The minimum atomic E-state index is 0.198. The van der Waals surface area contributed by atoms with Crippen molar-refractivity contribution in [2.24, 2.45) is 0 Å². The van der Waals surface area contributed by atoms with Crippen molar-refractivity contribution in [1.29, 1.82) is 0 Å². The second-order valence-electron chi connectivity index (χ2n) is 7.73. The second-order valence-corrected chi connectivity index (χ2v) is 8.68. The summed E-state index contributed by atoms with van der Waals surface area (Å²) in [4.78, 5) is 17.1. The van der Waals surface area contributed by atoms with Crippen molar-refractivity contribution in [1.82, 2.24) is 19.7 Å². The van der Waals surface area contributed by atoms with Crippen LogP contribution >= 0.6 is 11.8 Å². The van der Waals surface area contributed by atoms with Gasteiger partial charge in [-0.05, 0) is 50.8 Å². The minimum Gasteiger partial charge on any atom is -0.368 e. The van der Waals surface area contributed by atoms with Gasteiger partial charge < -0.3 is 14.4 Å². The third-order valence-electron chi connectivity index (χ3n) is 5.88. The zero-order valence-corrected chi connectivity index (χ0v) is 17.8. The smallest absolute Gasteiger partial charge is 0.233 e. The summed E-state index contributed by atoms with van der Waals surface area (Å²) in [6.45, 7) is 10.6. The maximum atomic E-state index is 12.7. The number of anilines is 1. The molecule has 2 fully saturated rings.